The van der Waals surface area contributed by atoms with Crippen LogP contribution in [0.15, 0.2) is 53.5 Å². The van der Waals surface area contributed by atoms with Gasteiger partial charge in [0.2, 0.25) is 0 Å². The Morgan fingerprint density at radius 2 is 1.91 bits per heavy atom. The van der Waals surface area contributed by atoms with Gasteiger partial charge in [0.05, 0.1) is 0 Å². The molecule has 2 aromatic carbocycles. The first kappa shape index (κ1) is 17.1. The number of nitrogens with two attached hydrogens (primary N) is 1. The minimum absolute atomic E-state index is 0.375. The first-order valence-corrected chi connectivity index (χ1v) is 7.77. The fourth-order valence-electron chi connectivity index (χ4n) is 2.19. The van der Waals surface area contributed by atoms with Crippen LogP contribution in [0.1, 0.15) is 22.3 Å². The number of benzene rings is 2. The van der Waals surface area contributed by atoms with Crippen molar-refractivity contribution in [3.05, 3.63) is 70.8 Å². The van der Waals surface area contributed by atoms with Crippen molar-refractivity contribution in [2.24, 2.45) is 10.7 Å². The van der Waals surface area contributed by atoms with Crippen LogP contribution in [0.5, 0.6) is 5.75 Å². The molecule has 0 saturated carbocycles. The van der Waals surface area contributed by atoms with Crippen molar-refractivity contribution in [1.82, 2.24) is 0 Å². The molecule has 0 atom stereocenters. The van der Waals surface area contributed by atoms with Crippen LogP contribution < -0.4 is 10.5 Å². The molecule has 0 spiro atoms. The predicted octanol–water partition coefficient (Wildman–Crippen LogP) is 4.45. The zero-order valence-electron chi connectivity index (χ0n) is 13.6. The normalized spacial score (nSPS) is 12.3. The summed E-state index contributed by atoms with van der Waals surface area (Å²) < 4.78 is 5.93. The van der Waals surface area contributed by atoms with E-state index in [2.05, 4.69) is 24.0 Å². The molecule has 0 heterocycles. The number of rotatable bonds is 5. The second-order valence-electron chi connectivity index (χ2n) is 5.34. The highest BCUT2D eigenvalue weighted by Gasteiger charge is 2.05. The monoisotopic (exact) mass is 328 g/mol. The Morgan fingerprint density at radius 3 is 2.57 bits per heavy atom. The van der Waals surface area contributed by atoms with Crippen molar-refractivity contribution in [3.63, 3.8) is 0 Å². The number of hydrogen-bond acceptors (Lipinski definition) is 3. The van der Waals surface area contributed by atoms with Crippen LogP contribution in [0.25, 0.3) is 5.70 Å². The van der Waals surface area contributed by atoms with Gasteiger partial charge in [-0.25, -0.2) is 0 Å². The summed E-state index contributed by atoms with van der Waals surface area (Å²) in [5.41, 5.74) is 10.9. The van der Waals surface area contributed by atoms with Gasteiger partial charge in [-0.3, -0.25) is 4.99 Å². The highest BCUT2D eigenvalue weighted by atomic mass is 35.5. The van der Waals surface area contributed by atoms with Gasteiger partial charge in [-0.15, -0.1) is 0 Å². The zero-order valence-corrected chi connectivity index (χ0v) is 14.4. The molecule has 0 bridgehead atoms. The quantitative estimate of drug-likeness (QED) is 0.824. The van der Waals surface area contributed by atoms with E-state index in [1.54, 1.807) is 13.1 Å². The van der Waals surface area contributed by atoms with E-state index in [4.69, 9.17) is 22.1 Å². The highest BCUT2D eigenvalue weighted by Crippen LogP contribution is 2.23. The molecule has 0 aliphatic heterocycles. The molecule has 0 amide bonds. The predicted molar refractivity (Wildman–Crippen MR) is 98.1 cm³/mol. The zero-order chi connectivity index (χ0) is 16.8. The van der Waals surface area contributed by atoms with E-state index in [0.717, 1.165) is 16.9 Å². The Kier molecular flexibility index (Phi) is 5.83. The van der Waals surface area contributed by atoms with Crippen LogP contribution in [0.4, 0.5) is 0 Å². The first-order valence-electron chi connectivity index (χ1n) is 7.39. The van der Waals surface area contributed by atoms with Gasteiger partial charge >= 0.3 is 0 Å². The molecule has 2 rings (SSSR count). The fourth-order valence-corrected chi connectivity index (χ4v) is 2.31. The topological polar surface area (TPSA) is 47.6 Å². The molecular weight excluding hydrogens is 308 g/mol. The molecule has 2 N–H and O–H groups in total. The van der Waals surface area contributed by atoms with E-state index in [-0.39, 0.29) is 0 Å². The second kappa shape index (κ2) is 7.84. The van der Waals surface area contributed by atoms with Crippen LogP contribution in [0.3, 0.4) is 0 Å². The van der Waals surface area contributed by atoms with Gasteiger partial charge in [0.1, 0.15) is 17.5 Å². The van der Waals surface area contributed by atoms with E-state index < -0.39 is 0 Å². The first-order chi connectivity index (χ1) is 11.0. The number of hydrogen-bond donors (Lipinski definition) is 1. The number of aliphatic imine (C=N–C) groups is 1. The van der Waals surface area contributed by atoms with Gasteiger partial charge < -0.3 is 10.5 Å². The number of ether oxygens (including phenoxy) is 1. The van der Waals surface area contributed by atoms with Gasteiger partial charge in [-0.2, -0.15) is 0 Å². The summed E-state index contributed by atoms with van der Waals surface area (Å²) in [6.07, 6.45) is 1.64. The van der Waals surface area contributed by atoms with Crippen molar-refractivity contribution in [2.45, 2.75) is 20.5 Å². The Hall–Kier alpha value is -2.26. The molecule has 4 heteroatoms. The summed E-state index contributed by atoms with van der Waals surface area (Å²) in [4.78, 5) is 3.87. The third-order valence-corrected chi connectivity index (χ3v) is 3.92. The molecular formula is C19H21ClN2O. The lowest BCUT2D eigenvalue weighted by Crippen LogP contribution is -2.02. The lowest BCUT2D eigenvalue weighted by molar-refractivity contribution is 0.303. The number of aryl methyl sites for hydroxylation is 2. The minimum Gasteiger partial charge on any atom is -0.489 e. The summed E-state index contributed by atoms with van der Waals surface area (Å²) in [6.45, 7) is 4.63. The van der Waals surface area contributed by atoms with Gasteiger partial charge in [-0.1, -0.05) is 35.9 Å². The molecule has 0 saturated heterocycles. The number of allylic oxidation sites excluding steroid dienone is 1. The van der Waals surface area contributed by atoms with E-state index in [1.165, 1.54) is 11.1 Å². The van der Waals surface area contributed by atoms with Crippen molar-refractivity contribution in [1.29, 1.82) is 0 Å². The van der Waals surface area contributed by atoms with Gasteiger partial charge in [0.15, 0.2) is 0 Å². The second-order valence-corrected chi connectivity index (χ2v) is 5.73. The van der Waals surface area contributed by atoms with Gasteiger partial charge in [0.25, 0.3) is 0 Å². The number of nitrogens with zero attached hydrogens (tertiary/aromatic N) is 1. The fraction of sp³-hybridized carbons (Fsp3) is 0.211. The van der Waals surface area contributed by atoms with Crippen molar-refractivity contribution in [2.75, 3.05) is 7.05 Å². The van der Waals surface area contributed by atoms with Crippen LogP contribution in [-0.2, 0) is 6.61 Å². The molecule has 0 fully saturated rings. The van der Waals surface area contributed by atoms with E-state index >= 15 is 0 Å². The molecule has 3 nitrogen and oxygen atoms in total. The molecule has 23 heavy (non-hydrogen) atoms. The average molecular weight is 329 g/mol. The van der Waals surface area contributed by atoms with E-state index in [1.807, 2.05) is 37.3 Å². The highest BCUT2D eigenvalue weighted by molar-refractivity contribution is 6.68. The summed E-state index contributed by atoms with van der Waals surface area (Å²) in [5.74, 6) is 0.847. The summed E-state index contributed by atoms with van der Waals surface area (Å²) in [7, 11) is 1.62. The maximum Gasteiger partial charge on any atom is 0.125 e. The van der Waals surface area contributed by atoms with Crippen molar-refractivity contribution < 1.29 is 4.74 Å². The van der Waals surface area contributed by atoms with Crippen molar-refractivity contribution >= 4 is 22.5 Å². The molecule has 0 radical (unpaired) electrons. The lowest BCUT2D eigenvalue weighted by Gasteiger charge is -2.12. The molecule has 0 aliphatic carbocycles. The minimum atomic E-state index is 0.375. The lowest BCUT2D eigenvalue weighted by atomic mass is 10.1. The summed E-state index contributed by atoms with van der Waals surface area (Å²) in [6, 6.07) is 14.0. The van der Waals surface area contributed by atoms with E-state index in [0.29, 0.717) is 17.5 Å². The largest absolute Gasteiger partial charge is 0.489 e. The molecule has 2 aromatic rings. The Morgan fingerprint density at radius 1 is 1.17 bits per heavy atom. The smallest absolute Gasteiger partial charge is 0.125 e. The van der Waals surface area contributed by atoms with Crippen LogP contribution in [-0.4, -0.2) is 12.2 Å². The summed E-state index contributed by atoms with van der Waals surface area (Å²) in [5, 5.41) is 0.375. The van der Waals surface area contributed by atoms with E-state index in [9.17, 15) is 0 Å². The Balaban J connectivity index is 2.14. The van der Waals surface area contributed by atoms with Crippen LogP contribution in [0.2, 0.25) is 0 Å². The van der Waals surface area contributed by atoms with Crippen LogP contribution in [0, 0.1) is 13.8 Å². The van der Waals surface area contributed by atoms with Gasteiger partial charge in [-0.05, 0) is 60.4 Å². The maximum absolute atomic E-state index is 6.03. The number of halogens is 1. The maximum atomic E-state index is 6.03. The SMILES string of the molecule is CN=C(Cl)C=C(N)c1ccc(OCc2ccccc2C)c(C)c1. The molecule has 120 valence electrons. The van der Waals surface area contributed by atoms with Crippen LogP contribution >= 0.6 is 11.6 Å². The Bertz CT molecular complexity index is 751. The molecule has 0 aromatic heterocycles. The average Bonchev–Trinajstić information content (AvgIpc) is 2.54. The molecule has 0 aliphatic rings. The summed E-state index contributed by atoms with van der Waals surface area (Å²) >= 11 is 5.88. The third-order valence-electron chi connectivity index (χ3n) is 3.64. The van der Waals surface area contributed by atoms with Gasteiger partial charge in [0, 0.05) is 12.7 Å². The third kappa shape index (κ3) is 4.60. The molecule has 0 unspecified atom stereocenters. The Labute approximate surface area is 142 Å². The standard InChI is InChI=1S/C19H21ClN2O/c1-13-6-4-5-7-16(13)12-23-18-9-8-15(10-14(18)2)17(21)11-19(20)22-3/h4-11H,12,21H2,1-3H3. The van der Waals surface area contributed by atoms with Crippen molar-refractivity contribution in [3.8, 4) is 5.75 Å².